The van der Waals surface area contributed by atoms with Gasteiger partial charge in [0.25, 0.3) is 0 Å². The zero-order chi connectivity index (χ0) is 15.2. The average Bonchev–Trinajstić information content (AvgIpc) is 2.57. The van der Waals surface area contributed by atoms with Crippen LogP contribution in [0.15, 0.2) is 24.3 Å². The van der Waals surface area contributed by atoms with Crippen LogP contribution in [0.4, 0.5) is 5.69 Å². The molecule has 3 nitrogen and oxygen atoms in total. The van der Waals surface area contributed by atoms with Gasteiger partial charge in [0.1, 0.15) is 0 Å². The molecule has 0 aliphatic heterocycles. The van der Waals surface area contributed by atoms with Crippen LogP contribution in [0.5, 0.6) is 0 Å². The van der Waals surface area contributed by atoms with Crippen molar-refractivity contribution < 1.29 is 0 Å². The van der Waals surface area contributed by atoms with E-state index in [1.54, 1.807) is 0 Å². The number of anilines is 1. The van der Waals surface area contributed by atoms with Crippen LogP contribution in [0.3, 0.4) is 0 Å². The van der Waals surface area contributed by atoms with Crippen molar-refractivity contribution >= 4 is 16.6 Å². The second-order valence-corrected chi connectivity index (χ2v) is 6.12. The third kappa shape index (κ3) is 3.41. The van der Waals surface area contributed by atoms with E-state index in [2.05, 4.69) is 41.8 Å². The molecule has 1 aliphatic carbocycles. The standard InChI is InChI=1S/C19H27N3/c1-2-20-13-7-8-14-21-19-15-9-3-5-11-17(15)22-18-12-6-4-10-16(18)19/h3,5,9,11,20H,2,4,6-8,10,12-14H2,1H3,(H,21,22). The molecular weight excluding hydrogens is 270 g/mol. The first-order chi connectivity index (χ1) is 10.9. The summed E-state index contributed by atoms with van der Waals surface area (Å²) in [5.41, 5.74) is 5.28. The van der Waals surface area contributed by atoms with Crippen LogP contribution >= 0.6 is 0 Å². The van der Waals surface area contributed by atoms with Crippen molar-refractivity contribution in [2.75, 3.05) is 25.0 Å². The summed E-state index contributed by atoms with van der Waals surface area (Å²) in [5, 5.41) is 8.40. The number of aryl methyl sites for hydroxylation is 1. The highest BCUT2D eigenvalue weighted by Gasteiger charge is 2.17. The molecule has 3 rings (SSSR count). The van der Waals surface area contributed by atoms with Crippen LogP contribution in [0.1, 0.15) is 43.9 Å². The lowest BCUT2D eigenvalue weighted by Gasteiger charge is -2.21. The Kier molecular flexibility index (Phi) is 5.28. The summed E-state index contributed by atoms with van der Waals surface area (Å²) >= 11 is 0. The lowest BCUT2D eigenvalue weighted by molar-refractivity contribution is 0.651. The monoisotopic (exact) mass is 297 g/mol. The molecule has 1 heterocycles. The Labute approximate surface area is 133 Å². The molecular formula is C19H27N3. The van der Waals surface area contributed by atoms with E-state index in [1.807, 2.05) is 0 Å². The maximum Gasteiger partial charge on any atom is 0.0726 e. The van der Waals surface area contributed by atoms with Crippen molar-refractivity contribution in [1.82, 2.24) is 10.3 Å². The van der Waals surface area contributed by atoms with Crippen molar-refractivity contribution in [3.8, 4) is 0 Å². The SMILES string of the molecule is CCNCCCCNc1c2c(nc3ccccc13)CCCC2. The van der Waals surface area contributed by atoms with Crippen molar-refractivity contribution in [2.45, 2.75) is 45.4 Å². The molecule has 118 valence electrons. The van der Waals surface area contributed by atoms with Gasteiger partial charge < -0.3 is 10.6 Å². The molecule has 1 aliphatic rings. The molecule has 1 aromatic carbocycles. The van der Waals surface area contributed by atoms with Crippen LogP contribution < -0.4 is 10.6 Å². The molecule has 0 radical (unpaired) electrons. The molecule has 2 N–H and O–H groups in total. The van der Waals surface area contributed by atoms with Gasteiger partial charge >= 0.3 is 0 Å². The van der Waals surface area contributed by atoms with Crippen LogP contribution in [0.2, 0.25) is 0 Å². The summed E-state index contributed by atoms with van der Waals surface area (Å²) in [5.74, 6) is 0. The summed E-state index contributed by atoms with van der Waals surface area (Å²) in [4.78, 5) is 4.90. The lowest BCUT2D eigenvalue weighted by atomic mass is 9.92. The van der Waals surface area contributed by atoms with Gasteiger partial charge in [0.05, 0.1) is 5.52 Å². The van der Waals surface area contributed by atoms with E-state index in [4.69, 9.17) is 4.98 Å². The molecule has 22 heavy (non-hydrogen) atoms. The van der Waals surface area contributed by atoms with Gasteiger partial charge in [-0.05, 0) is 63.2 Å². The Morgan fingerprint density at radius 3 is 2.77 bits per heavy atom. The molecule has 0 spiro atoms. The number of para-hydroxylation sites is 1. The Hall–Kier alpha value is -1.61. The van der Waals surface area contributed by atoms with Gasteiger partial charge in [0.15, 0.2) is 0 Å². The van der Waals surface area contributed by atoms with Crippen LogP contribution in [0, 0.1) is 0 Å². The number of unbranched alkanes of at least 4 members (excludes halogenated alkanes) is 1. The number of fused-ring (bicyclic) bond motifs is 2. The minimum absolute atomic E-state index is 1.05. The fraction of sp³-hybridized carbons (Fsp3) is 0.526. The second kappa shape index (κ2) is 7.59. The molecule has 0 saturated carbocycles. The summed E-state index contributed by atoms with van der Waals surface area (Å²) in [6, 6.07) is 8.55. The second-order valence-electron chi connectivity index (χ2n) is 6.12. The third-order valence-corrected chi connectivity index (χ3v) is 4.50. The fourth-order valence-corrected chi connectivity index (χ4v) is 3.34. The predicted molar refractivity (Wildman–Crippen MR) is 94.7 cm³/mol. The lowest BCUT2D eigenvalue weighted by Crippen LogP contribution is -2.16. The maximum absolute atomic E-state index is 4.90. The number of pyridine rings is 1. The first kappa shape index (κ1) is 15.3. The van der Waals surface area contributed by atoms with E-state index in [0.717, 1.165) is 31.6 Å². The van der Waals surface area contributed by atoms with Crippen LogP contribution in [0.25, 0.3) is 10.9 Å². The number of aromatic nitrogens is 1. The van der Waals surface area contributed by atoms with Crippen LogP contribution in [-0.4, -0.2) is 24.6 Å². The van der Waals surface area contributed by atoms with Gasteiger partial charge in [-0.2, -0.15) is 0 Å². The number of hydrogen-bond donors (Lipinski definition) is 2. The van der Waals surface area contributed by atoms with Gasteiger partial charge in [0, 0.05) is 23.3 Å². The van der Waals surface area contributed by atoms with E-state index in [-0.39, 0.29) is 0 Å². The number of nitrogens with zero attached hydrogens (tertiary/aromatic N) is 1. The minimum atomic E-state index is 1.05. The van der Waals surface area contributed by atoms with Crippen molar-refractivity contribution in [1.29, 1.82) is 0 Å². The highest BCUT2D eigenvalue weighted by atomic mass is 14.9. The summed E-state index contributed by atoms with van der Waals surface area (Å²) in [6.45, 7) is 5.39. The zero-order valence-corrected chi connectivity index (χ0v) is 13.6. The molecule has 0 unspecified atom stereocenters. The third-order valence-electron chi connectivity index (χ3n) is 4.50. The van der Waals surface area contributed by atoms with E-state index in [0.29, 0.717) is 0 Å². The normalized spacial score (nSPS) is 14.0. The Bertz CT molecular complexity index is 621. The van der Waals surface area contributed by atoms with Gasteiger partial charge in [-0.15, -0.1) is 0 Å². The maximum atomic E-state index is 4.90. The summed E-state index contributed by atoms with van der Waals surface area (Å²) < 4.78 is 0. The van der Waals surface area contributed by atoms with Crippen molar-refractivity contribution in [3.05, 3.63) is 35.5 Å². The topological polar surface area (TPSA) is 37.0 Å². The molecule has 1 aromatic heterocycles. The molecule has 3 heteroatoms. The number of nitrogens with one attached hydrogen (secondary N) is 2. The quantitative estimate of drug-likeness (QED) is 0.761. The average molecular weight is 297 g/mol. The number of hydrogen-bond acceptors (Lipinski definition) is 3. The van der Waals surface area contributed by atoms with Gasteiger partial charge in [-0.25, -0.2) is 0 Å². The highest BCUT2D eigenvalue weighted by Crippen LogP contribution is 2.33. The first-order valence-electron chi connectivity index (χ1n) is 8.75. The highest BCUT2D eigenvalue weighted by molar-refractivity contribution is 5.93. The van der Waals surface area contributed by atoms with Gasteiger partial charge in [0.2, 0.25) is 0 Å². The summed E-state index contributed by atoms with van der Waals surface area (Å²) in [7, 11) is 0. The smallest absolute Gasteiger partial charge is 0.0726 e. The van der Waals surface area contributed by atoms with Crippen LogP contribution in [-0.2, 0) is 12.8 Å². The van der Waals surface area contributed by atoms with E-state index in [1.165, 1.54) is 54.4 Å². The van der Waals surface area contributed by atoms with Crippen molar-refractivity contribution in [2.24, 2.45) is 0 Å². The fourth-order valence-electron chi connectivity index (χ4n) is 3.34. The van der Waals surface area contributed by atoms with E-state index >= 15 is 0 Å². The molecule has 0 saturated heterocycles. The van der Waals surface area contributed by atoms with Crippen molar-refractivity contribution in [3.63, 3.8) is 0 Å². The molecule has 0 amide bonds. The number of rotatable bonds is 7. The van der Waals surface area contributed by atoms with E-state index < -0.39 is 0 Å². The van der Waals surface area contributed by atoms with E-state index in [9.17, 15) is 0 Å². The molecule has 0 fully saturated rings. The van der Waals surface area contributed by atoms with Gasteiger partial charge in [-0.1, -0.05) is 25.1 Å². The largest absolute Gasteiger partial charge is 0.384 e. The first-order valence-corrected chi connectivity index (χ1v) is 8.75. The molecule has 2 aromatic rings. The summed E-state index contributed by atoms with van der Waals surface area (Å²) in [6.07, 6.45) is 7.31. The Morgan fingerprint density at radius 1 is 1.05 bits per heavy atom. The Balaban J connectivity index is 1.77. The minimum Gasteiger partial charge on any atom is -0.384 e. The predicted octanol–water partition coefficient (Wildman–Crippen LogP) is 3.92. The Morgan fingerprint density at radius 2 is 1.86 bits per heavy atom. The molecule has 0 bridgehead atoms. The molecule has 0 atom stereocenters. The number of benzene rings is 1. The van der Waals surface area contributed by atoms with Gasteiger partial charge in [-0.3, -0.25) is 4.98 Å². The zero-order valence-electron chi connectivity index (χ0n) is 13.6.